The van der Waals surface area contributed by atoms with Gasteiger partial charge in [-0.2, -0.15) is 0 Å². The van der Waals surface area contributed by atoms with Crippen LogP contribution in [0.15, 0.2) is 24.3 Å². The Morgan fingerprint density at radius 2 is 2.05 bits per heavy atom. The Morgan fingerprint density at radius 1 is 1.33 bits per heavy atom. The number of hydrogen-bond donors (Lipinski definition) is 1. The van der Waals surface area contributed by atoms with Crippen LogP contribution in [0.1, 0.15) is 56.7 Å². The average molecular weight is 288 g/mol. The monoisotopic (exact) mass is 288 g/mol. The number of carbonyl (C=O) groups excluding carboxylic acids is 1. The smallest absolute Gasteiger partial charge is 0.317 e. The van der Waals surface area contributed by atoms with E-state index in [9.17, 15) is 4.79 Å². The summed E-state index contributed by atoms with van der Waals surface area (Å²) >= 11 is 0. The molecule has 1 saturated carbocycles. The Labute approximate surface area is 128 Å². The molecule has 21 heavy (non-hydrogen) atoms. The van der Waals surface area contributed by atoms with Gasteiger partial charge in [0.1, 0.15) is 0 Å². The first-order valence-corrected chi connectivity index (χ1v) is 8.08. The molecule has 0 bridgehead atoms. The van der Waals surface area contributed by atoms with Gasteiger partial charge in [0.15, 0.2) is 0 Å². The minimum atomic E-state index is 0.0437. The van der Waals surface area contributed by atoms with Crippen molar-refractivity contribution in [3.8, 4) is 0 Å². The average Bonchev–Trinajstić information content (AvgIpc) is 2.46. The van der Waals surface area contributed by atoms with Crippen LogP contribution in [0.4, 0.5) is 4.79 Å². The van der Waals surface area contributed by atoms with E-state index in [0.29, 0.717) is 6.04 Å². The minimum absolute atomic E-state index is 0.0437. The predicted octanol–water partition coefficient (Wildman–Crippen LogP) is 4.28. The lowest BCUT2D eigenvalue weighted by Crippen LogP contribution is -2.46. The molecule has 0 radical (unpaired) electrons. The number of nitrogens with zero attached hydrogens (tertiary/aromatic N) is 1. The molecule has 0 saturated heterocycles. The molecular formula is C18H28N2O. The number of amides is 2. The normalized spacial score (nSPS) is 23.4. The zero-order valence-corrected chi connectivity index (χ0v) is 13.7. The van der Waals surface area contributed by atoms with Gasteiger partial charge in [0.25, 0.3) is 0 Å². The first-order valence-electron chi connectivity index (χ1n) is 8.08. The van der Waals surface area contributed by atoms with E-state index in [1.807, 2.05) is 24.1 Å². The molecule has 1 aliphatic rings. The van der Waals surface area contributed by atoms with Crippen molar-refractivity contribution in [3.05, 3.63) is 35.4 Å². The van der Waals surface area contributed by atoms with Crippen molar-refractivity contribution < 1.29 is 4.79 Å². The second-order valence-electron chi connectivity index (χ2n) is 6.56. The largest absolute Gasteiger partial charge is 0.331 e. The van der Waals surface area contributed by atoms with Gasteiger partial charge < -0.3 is 10.2 Å². The maximum Gasteiger partial charge on any atom is 0.317 e. The van der Waals surface area contributed by atoms with Gasteiger partial charge in [0.05, 0.1) is 6.04 Å². The summed E-state index contributed by atoms with van der Waals surface area (Å²) in [5.74, 6) is 0.729. The van der Waals surface area contributed by atoms with Crippen LogP contribution in [-0.4, -0.2) is 24.0 Å². The number of rotatable bonds is 3. The lowest BCUT2D eigenvalue weighted by molar-refractivity contribution is 0.158. The lowest BCUT2D eigenvalue weighted by atomic mass is 9.86. The summed E-state index contributed by atoms with van der Waals surface area (Å²) in [6, 6.07) is 8.71. The lowest BCUT2D eigenvalue weighted by Gasteiger charge is -2.34. The van der Waals surface area contributed by atoms with Crippen LogP contribution in [0.2, 0.25) is 0 Å². The standard InChI is InChI=1S/C18H28N2O/c1-13-8-7-10-16(12-13)20(4)18(21)19-15(3)17-11-6-5-9-14(17)2/h5-6,9,11,13,15-16H,7-8,10,12H2,1-4H3,(H,19,21). The van der Waals surface area contributed by atoms with E-state index in [2.05, 4.69) is 38.2 Å². The highest BCUT2D eigenvalue weighted by Gasteiger charge is 2.26. The Morgan fingerprint density at radius 3 is 2.71 bits per heavy atom. The van der Waals surface area contributed by atoms with Crippen LogP contribution in [0.5, 0.6) is 0 Å². The van der Waals surface area contributed by atoms with Crippen molar-refractivity contribution in [2.75, 3.05) is 7.05 Å². The Bertz CT molecular complexity index is 486. The van der Waals surface area contributed by atoms with Gasteiger partial charge in [-0.15, -0.1) is 0 Å². The quantitative estimate of drug-likeness (QED) is 0.884. The molecule has 3 heteroatoms. The fourth-order valence-corrected chi connectivity index (χ4v) is 3.36. The summed E-state index contributed by atoms with van der Waals surface area (Å²) in [4.78, 5) is 14.4. The third-order valence-corrected chi connectivity index (χ3v) is 4.77. The van der Waals surface area contributed by atoms with Gasteiger partial charge >= 0.3 is 6.03 Å². The highest BCUT2D eigenvalue weighted by atomic mass is 16.2. The SMILES string of the molecule is Cc1ccccc1C(C)NC(=O)N(C)C1CCCC(C)C1. The van der Waals surface area contributed by atoms with Gasteiger partial charge in [-0.3, -0.25) is 0 Å². The third kappa shape index (κ3) is 3.99. The number of benzene rings is 1. The van der Waals surface area contributed by atoms with Crippen LogP contribution in [0.25, 0.3) is 0 Å². The molecule has 3 nitrogen and oxygen atoms in total. The highest BCUT2D eigenvalue weighted by Crippen LogP contribution is 2.27. The molecule has 0 heterocycles. The van der Waals surface area contributed by atoms with Gasteiger partial charge in [-0.25, -0.2) is 4.79 Å². The van der Waals surface area contributed by atoms with Crippen molar-refractivity contribution in [3.63, 3.8) is 0 Å². The minimum Gasteiger partial charge on any atom is -0.331 e. The molecule has 3 atom stereocenters. The molecule has 116 valence electrons. The van der Waals surface area contributed by atoms with Crippen LogP contribution >= 0.6 is 0 Å². The summed E-state index contributed by atoms with van der Waals surface area (Å²) in [5, 5.41) is 3.14. The number of nitrogens with one attached hydrogen (secondary N) is 1. The van der Waals surface area contributed by atoms with E-state index in [1.54, 1.807) is 0 Å². The fourth-order valence-electron chi connectivity index (χ4n) is 3.36. The van der Waals surface area contributed by atoms with Gasteiger partial charge in [0, 0.05) is 13.1 Å². The first kappa shape index (κ1) is 15.9. The summed E-state index contributed by atoms with van der Waals surface area (Å²) in [6.07, 6.45) is 4.79. The van der Waals surface area contributed by atoms with E-state index >= 15 is 0 Å². The van der Waals surface area contributed by atoms with Gasteiger partial charge in [-0.1, -0.05) is 44.0 Å². The van der Waals surface area contributed by atoms with Gasteiger partial charge in [0.2, 0.25) is 0 Å². The number of hydrogen-bond acceptors (Lipinski definition) is 1. The van der Waals surface area contributed by atoms with Crippen LogP contribution < -0.4 is 5.32 Å². The molecular weight excluding hydrogens is 260 g/mol. The number of carbonyl (C=O) groups is 1. The molecule has 2 amide bonds. The zero-order chi connectivity index (χ0) is 15.4. The summed E-state index contributed by atoms with van der Waals surface area (Å²) in [7, 11) is 1.93. The molecule has 0 aromatic heterocycles. The second-order valence-corrected chi connectivity index (χ2v) is 6.56. The molecule has 1 aromatic carbocycles. The van der Waals surface area contributed by atoms with Crippen molar-refractivity contribution in [1.82, 2.24) is 10.2 Å². The fraction of sp³-hybridized carbons (Fsp3) is 0.611. The van der Waals surface area contributed by atoms with Crippen LogP contribution in [0, 0.1) is 12.8 Å². The van der Waals surface area contributed by atoms with Gasteiger partial charge in [-0.05, 0) is 43.7 Å². The Balaban J connectivity index is 1.95. The van der Waals surface area contributed by atoms with Crippen LogP contribution in [0.3, 0.4) is 0 Å². The summed E-state index contributed by atoms with van der Waals surface area (Å²) in [6.45, 7) is 6.43. The molecule has 3 unspecified atom stereocenters. The van der Waals surface area contributed by atoms with E-state index < -0.39 is 0 Å². The van der Waals surface area contributed by atoms with Crippen molar-refractivity contribution in [2.24, 2.45) is 5.92 Å². The Hall–Kier alpha value is -1.51. The second kappa shape index (κ2) is 6.97. The number of urea groups is 1. The highest BCUT2D eigenvalue weighted by molar-refractivity contribution is 5.74. The molecule has 0 spiro atoms. The van der Waals surface area contributed by atoms with E-state index in [1.165, 1.54) is 24.0 Å². The van der Waals surface area contributed by atoms with Crippen molar-refractivity contribution in [2.45, 2.75) is 58.5 Å². The topological polar surface area (TPSA) is 32.3 Å². The maximum absolute atomic E-state index is 12.5. The Kier molecular flexibility index (Phi) is 5.27. The summed E-state index contributed by atoms with van der Waals surface area (Å²) < 4.78 is 0. The van der Waals surface area contributed by atoms with Crippen molar-refractivity contribution >= 4 is 6.03 Å². The van der Waals surface area contributed by atoms with E-state index in [4.69, 9.17) is 0 Å². The molecule has 1 aliphatic carbocycles. The van der Waals surface area contributed by atoms with E-state index in [-0.39, 0.29) is 12.1 Å². The molecule has 1 aromatic rings. The number of aryl methyl sites for hydroxylation is 1. The first-order chi connectivity index (χ1) is 9.99. The summed E-state index contributed by atoms with van der Waals surface area (Å²) in [5.41, 5.74) is 2.41. The van der Waals surface area contributed by atoms with E-state index in [0.717, 1.165) is 18.8 Å². The predicted molar refractivity (Wildman–Crippen MR) is 87.3 cm³/mol. The maximum atomic E-state index is 12.5. The van der Waals surface area contributed by atoms with Crippen LogP contribution in [-0.2, 0) is 0 Å². The molecule has 1 fully saturated rings. The molecule has 1 N–H and O–H groups in total. The van der Waals surface area contributed by atoms with Crippen molar-refractivity contribution in [1.29, 1.82) is 0 Å². The molecule has 2 rings (SSSR count). The zero-order valence-electron chi connectivity index (χ0n) is 13.7. The third-order valence-electron chi connectivity index (χ3n) is 4.77. The molecule has 0 aliphatic heterocycles.